The quantitative estimate of drug-likeness (QED) is 0.920. The SMILES string of the molecule is CCn1nccc1CN(C)C(=O)Nc1cccc(OC)c1. The van der Waals surface area contributed by atoms with Crippen LogP contribution in [0.3, 0.4) is 0 Å². The third-order valence-electron chi connectivity index (χ3n) is 3.17. The predicted octanol–water partition coefficient (Wildman–Crippen LogP) is 2.58. The van der Waals surface area contributed by atoms with Crippen molar-refractivity contribution in [2.24, 2.45) is 0 Å². The third-order valence-corrected chi connectivity index (χ3v) is 3.17. The summed E-state index contributed by atoms with van der Waals surface area (Å²) in [7, 11) is 3.35. The number of carbonyl (C=O) groups is 1. The normalized spacial score (nSPS) is 10.2. The standard InChI is InChI=1S/C15H20N4O2/c1-4-19-13(8-9-16-19)11-18(2)15(20)17-12-6-5-7-14(10-12)21-3/h5-10H,4,11H2,1-3H3,(H,17,20). The van der Waals surface area contributed by atoms with Crippen molar-refractivity contribution in [3.8, 4) is 5.75 Å². The number of ether oxygens (including phenoxy) is 1. The van der Waals surface area contributed by atoms with Crippen LogP contribution in [0.25, 0.3) is 0 Å². The minimum absolute atomic E-state index is 0.174. The number of amides is 2. The summed E-state index contributed by atoms with van der Waals surface area (Å²) in [6, 6.07) is 9.01. The number of carbonyl (C=O) groups excluding carboxylic acids is 1. The molecule has 0 radical (unpaired) electrons. The summed E-state index contributed by atoms with van der Waals surface area (Å²) in [5.74, 6) is 0.708. The van der Waals surface area contributed by atoms with E-state index in [0.717, 1.165) is 12.2 Å². The van der Waals surface area contributed by atoms with E-state index in [1.165, 1.54) is 0 Å². The van der Waals surface area contributed by atoms with Gasteiger partial charge in [-0.05, 0) is 25.1 Å². The number of methoxy groups -OCH3 is 1. The summed E-state index contributed by atoms with van der Waals surface area (Å²) in [6.45, 7) is 3.31. The van der Waals surface area contributed by atoms with Crippen molar-refractivity contribution >= 4 is 11.7 Å². The van der Waals surface area contributed by atoms with Crippen LogP contribution in [0.2, 0.25) is 0 Å². The Morgan fingerprint density at radius 3 is 2.95 bits per heavy atom. The molecule has 0 saturated heterocycles. The summed E-state index contributed by atoms with van der Waals surface area (Å²) in [5, 5.41) is 7.04. The number of hydrogen-bond acceptors (Lipinski definition) is 3. The highest BCUT2D eigenvalue weighted by molar-refractivity contribution is 5.89. The maximum Gasteiger partial charge on any atom is 0.321 e. The molecule has 6 nitrogen and oxygen atoms in total. The molecule has 2 rings (SSSR count). The summed E-state index contributed by atoms with van der Waals surface area (Å²) in [6.07, 6.45) is 1.74. The van der Waals surface area contributed by atoms with Crippen molar-refractivity contribution in [2.45, 2.75) is 20.0 Å². The highest BCUT2D eigenvalue weighted by Gasteiger charge is 2.12. The Balaban J connectivity index is 1.99. The van der Waals surface area contributed by atoms with Crippen molar-refractivity contribution in [3.05, 3.63) is 42.2 Å². The van der Waals surface area contributed by atoms with Crippen LogP contribution in [0.1, 0.15) is 12.6 Å². The molecule has 1 N–H and O–H groups in total. The highest BCUT2D eigenvalue weighted by Crippen LogP contribution is 2.17. The van der Waals surface area contributed by atoms with Crippen LogP contribution in [0.4, 0.5) is 10.5 Å². The van der Waals surface area contributed by atoms with E-state index in [-0.39, 0.29) is 6.03 Å². The predicted molar refractivity (Wildman–Crippen MR) is 81.4 cm³/mol. The number of nitrogens with one attached hydrogen (secondary N) is 1. The zero-order valence-corrected chi connectivity index (χ0v) is 12.5. The first-order chi connectivity index (χ1) is 10.1. The van der Waals surface area contributed by atoms with E-state index in [4.69, 9.17) is 4.74 Å². The van der Waals surface area contributed by atoms with Crippen molar-refractivity contribution in [2.75, 3.05) is 19.5 Å². The van der Waals surface area contributed by atoms with Crippen LogP contribution < -0.4 is 10.1 Å². The molecule has 2 aromatic rings. The largest absolute Gasteiger partial charge is 0.497 e. The van der Waals surface area contributed by atoms with Gasteiger partial charge in [0.1, 0.15) is 5.75 Å². The number of hydrogen-bond donors (Lipinski definition) is 1. The van der Waals surface area contributed by atoms with Gasteiger partial charge in [-0.1, -0.05) is 6.07 Å². The lowest BCUT2D eigenvalue weighted by atomic mass is 10.3. The Kier molecular flexibility index (Phi) is 4.81. The van der Waals surface area contributed by atoms with Gasteiger partial charge in [-0.3, -0.25) is 4.68 Å². The number of aryl methyl sites for hydroxylation is 1. The lowest BCUT2D eigenvalue weighted by Crippen LogP contribution is -2.31. The number of anilines is 1. The van der Waals surface area contributed by atoms with Gasteiger partial charge in [-0.15, -0.1) is 0 Å². The Hall–Kier alpha value is -2.50. The van der Waals surface area contributed by atoms with Gasteiger partial charge in [0.25, 0.3) is 0 Å². The molecule has 0 unspecified atom stereocenters. The fourth-order valence-corrected chi connectivity index (χ4v) is 2.01. The van der Waals surface area contributed by atoms with Gasteiger partial charge in [0, 0.05) is 31.5 Å². The first-order valence-corrected chi connectivity index (χ1v) is 6.81. The van der Waals surface area contributed by atoms with Gasteiger partial charge in [-0.2, -0.15) is 5.10 Å². The van der Waals surface area contributed by atoms with E-state index in [0.29, 0.717) is 18.0 Å². The molecule has 0 saturated carbocycles. The minimum atomic E-state index is -0.174. The van der Waals surface area contributed by atoms with Crippen molar-refractivity contribution in [3.63, 3.8) is 0 Å². The summed E-state index contributed by atoms with van der Waals surface area (Å²) in [5.41, 5.74) is 1.70. The number of aromatic nitrogens is 2. The van der Waals surface area contributed by atoms with Crippen molar-refractivity contribution in [1.29, 1.82) is 0 Å². The average molecular weight is 288 g/mol. The van der Waals surface area contributed by atoms with Gasteiger partial charge >= 0.3 is 6.03 Å². The van der Waals surface area contributed by atoms with Gasteiger partial charge in [-0.25, -0.2) is 4.79 Å². The van der Waals surface area contributed by atoms with E-state index in [1.54, 1.807) is 31.3 Å². The molecule has 0 atom stereocenters. The molecule has 2 amide bonds. The Labute approximate surface area is 124 Å². The Bertz CT molecular complexity index is 609. The molecule has 0 spiro atoms. The van der Waals surface area contributed by atoms with Gasteiger partial charge < -0.3 is 15.0 Å². The fraction of sp³-hybridized carbons (Fsp3) is 0.333. The molecule has 1 heterocycles. The molecule has 0 fully saturated rings. The van der Waals surface area contributed by atoms with E-state index in [2.05, 4.69) is 10.4 Å². The van der Waals surface area contributed by atoms with Crippen LogP contribution in [0, 0.1) is 0 Å². The molecule has 6 heteroatoms. The van der Waals surface area contributed by atoms with E-state index < -0.39 is 0 Å². The van der Waals surface area contributed by atoms with E-state index in [9.17, 15) is 4.79 Å². The second-order valence-electron chi connectivity index (χ2n) is 4.66. The van der Waals surface area contributed by atoms with E-state index in [1.807, 2.05) is 35.9 Å². The van der Waals surface area contributed by atoms with Crippen molar-refractivity contribution < 1.29 is 9.53 Å². The van der Waals surface area contributed by atoms with Gasteiger partial charge in [0.2, 0.25) is 0 Å². The summed E-state index contributed by atoms with van der Waals surface area (Å²) >= 11 is 0. The molecule has 21 heavy (non-hydrogen) atoms. The molecular formula is C15H20N4O2. The minimum Gasteiger partial charge on any atom is -0.497 e. The molecule has 1 aromatic heterocycles. The van der Waals surface area contributed by atoms with Crippen LogP contribution in [-0.2, 0) is 13.1 Å². The van der Waals surface area contributed by atoms with Crippen LogP contribution >= 0.6 is 0 Å². The summed E-state index contributed by atoms with van der Waals surface area (Å²) in [4.78, 5) is 13.8. The molecule has 0 bridgehead atoms. The van der Waals surface area contributed by atoms with Crippen molar-refractivity contribution in [1.82, 2.24) is 14.7 Å². The molecule has 0 aliphatic rings. The van der Waals surface area contributed by atoms with Crippen LogP contribution in [-0.4, -0.2) is 34.9 Å². The molecule has 1 aromatic carbocycles. The van der Waals surface area contributed by atoms with Gasteiger partial charge in [0.05, 0.1) is 19.3 Å². The first kappa shape index (κ1) is 14.9. The van der Waals surface area contributed by atoms with E-state index >= 15 is 0 Å². The van der Waals surface area contributed by atoms with Gasteiger partial charge in [0.15, 0.2) is 0 Å². The first-order valence-electron chi connectivity index (χ1n) is 6.81. The zero-order chi connectivity index (χ0) is 15.2. The maximum absolute atomic E-state index is 12.2. The topological polar surface area (TPSA) is 59.4 Å². The molecule has 0 aliphatic carbocycles. The average Bonchev–Trinajstić information content (AvgIpc) is 2.94. The van der Waals surface area contributed by atoms with Crippen LogP contribution in [0.5, 0.6) is 5.75 Å². The fourth-order valence-electron chi connectivity index (χ4n) is 2.01. The number of nitrogens with zero attached hydrogens (tertiary/aromatic N) is 3. The third kappa shape index (κ3) is 3.75. The lowest BCUT2D eigenvalue weighted by molar-refractivity contribution is 0.219. The zero-order valence-electron chi connectivity index (χ0n) is 12.5. The number of rotatable bonds is 5. The Morgan fingerprint density at radius 1 is 1.43 bits per heavy atom. The summed E-state index contributed by atoms with van der Waals surface area (Å²) < 4.78 is 7.01. The maximum atomic E-state index is 12.2. The molecular weight excluding hydrogens is 268 g/mol. The molecule has 112 valence electrons. The second kappa shape index (κ2) is 6.78. The second-order valence-corrected chi connectivity index (χ2v) is 4.66. The Morgan fingerprint density at radius 2 is 2.24 bits per heavy atom. The lowest BCUT2D eigenvalue weighted by Gasteiger charge is -2.18. The number of urea groups is 1. The monoisotopic (exact) mass is 288 g/mol. The smallest absolute Gasteiger partial charge is 0.321 e. The number of benzene rings is 1. The van der Waals surface area contributed by atoms with Crippen LogP contribution in [0.15, 0.2) is 36.5 Å². The highest BCUT2D eigenvalue weighted by atomic mass is 16.5. The molecule has 0 aliphatic heterocycles.